The summed E-state index contributed by atoms with van der Waals surface area (Å²) in [6.45, 7) is 4.05. The van der Waals surface area contributed by atoms with Crippen molar-refractivity contribution in [2.24, 2.45) is 0 Å². The number of thioether (sulfide) groups is 1. The van der Waals surface area contributed by atoms with Gasteiger partial charge in [-0.2, -0.15) is 0 Å². The SMILES string of the molecule is CCCOc1c(OCCCSc2ncc[nH]2)cc([C@@H]2CC[C@@H](c3cc(OC)c(OC)c(OC)c3)O2)cc1S(=O)(=O)CC(C)O. The Bertz CT molecular complexity index is 1440. The molecule has 1 fully saturated rings. The first-order valence-corrected chi connectivity index (χ1v) is 17.3. The number of benzene rings is 2. The quantitative estimate of drug-likeness (QED) is 0.141. The van der Waals surface area contributed by atoms with Crippen molar-refractivity contribution in [3.8, 4) is 28.7 Å². The van der Waals surface area contributed by atoms with E-state index < -0.39 is 27.8 Å². The monoisotopic (exact) mass is 650 g/mol. The third-order valence-electron chi connectivity index (χ3n) is 7.00. The van der Waals surface area contributed by atoms with E-state index in [0.29, 0.717) is 67.5 Å². The van der Waals surface area contributed by atoms with Gasteiger partial charge < -0.3 is 38.5 Å². The van der Waals surface area contributed by atoms with Crippen LogP contribution in [0.3, 0.4) is 0 Å². The number of nitrogens with zero attached hydrogens (tertiary/aromatic N) is 1. The zero-order valence-electron chi connectivity index (χ0n) is 25.8. The summed E-state index contributed by atoms with van der Waals surface area (Å²) >= 11 is 1.58. The summed E-state index contributed by atoms with van der Waals surface area (Å²) in [5.74, 6) is 2.36. The third-order valence-corrected chi connectivity index (χ3v) is 9.88. The van der Waals surface area contributed by atoms with Crippen LogP contribution in [0.1, 0.15) is 62.9 Å². The summed E-state index contributed by atoms with van der Waals surface area (Å²) in [4.78, 5) is 7.27. The number of ether oxygens (including phenoxy) is 6. The fraction of sp³-hybridized carbons (Fsp3) is 0.516. The second-order valence-electron chi connectivity index (χ2n) is 10.4. The zero-order valence-corrected chi connectivity index (χ0v) is 27.5. The van der Waals surface area contributed by atoms with Crippen molar-refractivity contribution < 1.29 is 41.9 Å². The minimum Gasteiger partial charge on any atom is -0.493 e. The molecule has 1 saturated heterocycles. The molecule has 4 rings (SSSR count). The number of aromatic amines is 1. The van der Waals surface area contributed by atoms with Gasteiger partial charge in [0, 0.05) is 18.1 Å². The number of imidazole rings is 1. The van der Waals surface area contributed by atoms with Gasteiger partial charge in [-0.05, 0) is 68.0 Å². The fourth-order valence-corrected chi connectivity index (χ4v) is 7.34. The molecule has 0 aliphatic carbocycles. The summed E-state index contributed by atoms with van der Waals surface area (Å²) < 4.78 is 62.3. The van der Waals surface area contributed by atoms with Crippen molar-refractivity contribution in [1.29, 1.82) is 0 Å². The number of hydrogen-bond donors (Lipinski definition) is 2. The Kier molecular flexibility index (Phi) is 12.1. The lowest BCUT2D eigenvalue weighted by Gasteiger charge is -2.21. The molecule has 1 unspecified atom stereocenters. The molecule has 0 spiro atoms. The van der Waals surface area contributed by atoms with E-state index >= 15 is 0 Å². The van der Waals surface area contributed by atoms with Crippen molar-refractivity contribution in [3.05, 3.63) is 47.8 Å². The third kappa shape index (κ3) is 8.32. The van der Waals surface area contributed by atoms with Gasteiger partial charge in [0.25, 0.3) is 0 Å². The Morgan fingerprint density at radius 1 is 0.977 bits per heavy atom. The molecule has 3 aromatic rings. The van der Waals surface area contributed by atoms with Crippen LogP contribution in [0.2, 0.25) is 0 Å². The second-order valence-corrected chi connectivity index (χ2v) is 13.5. The topological polar surface area (TPSA) is 138 Å². The maximum absolute atomic E-state index is 13.6. The molecule has 1 aliphatic heterocycles. The summed E-state index contributed by atoms with van der Waals surface area (Å²) in [5.41, 5.74) is 1.52. The average molecular weight is 651 g/mol. The first-order chi connectivity index (χ1) is 21.2. The number of sulfone groups is 1. The van der Waals surface area contributed by atoms with Crippen LogP contribution in [0.25, 0.3) is 0 Å². The predicted molar refractivity (Wildman–Crippen MR) is 167 cm³/mol. The summed E-state index contributed by atoms with van der Waals surface area (Å²) in [6.07, 6.45) is 4.43. The van der Waals surface area contributed by atoms with Crippen LogP contribution in [-0.2, 0) is 14.6 Å². The Balaban J connectivity index is 1.64. The Labute approximate surface area is 263 Å². The smallest absolute Gasteiger partial charge is 0.203 e. The van der Waals surface area contributed by atoms with E-state index in [0.717, 1.165) is 16.5 Å². The van der Waals surface area contributed by atoms with Crippen molar-refractivity contribution in [2.75, 3.05) is 46.0 Å². The zero-order chi connectivity index (χ0) is 31.7. The molecule has 0 radical (unpaired) electrons. The number of methoxy groups -OCH3 is 3. The van der Waals surface area contributed by atoms with Gasteiger partial charge >= 0.3 is 0 Å². The van der Waals surface area contributed by atoms with Crippen molar-refractivity contribution in [1.82, 2.24) is 9.97 Å². The van der Waals surface area contributed by atoms with Gasteiger partial charge in [0.15, 0.2) is 38.0 Å². The number of rotatable bonds is 17. The van der Waals surface area contributed by atoms with Crippen LogP contribution in [0, 0.1) is 0 Å². The van der Waals surface area contributed by atoms with Gasteiger partial charge in [0.05, 0.1) is 58.6 Å². The number of aromatic nitrogens is 2. The molecule has 1 aromatic heterocycles. The highest BCUT2D eigenvalue weighted by Gasteiger charge is 2.33. The predicted octanol–water partition coefficient (Wildman–Crippen LogP) is 5.53. The highest BCUT2D eigenvalue weighted by Crippen LogP contribution is 2.48. The number of nitrogens with one attached hydrogen (secondary N) is 1. The van der Waals surface area contributed by atoms with Crippen molar-refractivity contribution in [3.63, 3.8) is 0 Å². The van der Waals surface area contributed by atoms with E-state index in [2.05, 4.69) is 9.97 Å². The molecule has 11 nitrogen and oxygen atoms in total. The van der Waals surface area contributed by atoms with Gasteiger partial charge in [0.2, 0.25) is 5.75 Å². The van der Waals surface area contributed by atoms with Crippen molar-refractivity contribution in [2.45, 2.75) is 67.9 Å². The first kappa shape index (κ1) is 33.8. The van der Waals surface area contributed by atoms with E-state index in [1.54, 1.807) is 51.6 Å². The molecule has 2 N–H and O–H groups in total. The Morgan fingerprint density at radius 3 is 2.20 bits per heavy atom. The van der Waals surface area contributed by atoms with E-state index in [9.17, 15) is 13.5 Å². The molecule has 1 aliphatic rings. The normalized spacial score (nSPS) is 17.3. The van der Waals surface area contributed by atoms with Gasteiger partial charge in [0.1, 0.15) is 4.90 Å². The molecule has 0 bridgehead atoms. The van der Waals surface area contributed by atoms with E-state index in [4.69, 9.17) is 28.4 Å². The van der Waals surface area contributed by atoms with Crippen molar-refractivity contribution >= 4 is 21.6 Å². The molecular weight excluding hydrogens is 608 g/mol. The molecular formula is C31H42N2O9S2. The molecule has 2 aromatic carbocycles. The molecule has 2 heterocycles. The Morgan fingerprint density at radius 2 is 1.64 bits per heavy atom. The van der Waals surface area contributed by atoms with E-state index in [1.807, 2.05) is 25.1 Å². The fourth-order valence-electron chi connectivity index (χ4n) is 5.03. The summed E-state index contributed by atoms with van der Waals surface area (Å²) in [7, 11) is 0.754. The maximum Gasteiger partial charge on any atom is 0.203 e. The molecule has 0 saturated carbocycles. The minimum absolute atomic E-state index is 0.0100. The molecule has 242 valence electrons. The number of hydrogen-bond acceptors (Lipinski definition) is 11. The van der Waals surface area contributed by atoms with E-state index in [-0.39, 0.29) is 16.7 Å². The highest BCUT2D eigenvalue weighted by atomic mass is 32.2. The van der Waals surface area contributed by atoms with Crippen LogP contribution in [0.4, 0.5) is 0 Å². The lowest BCUT2D eigenvalue weighted by Crippen LogP contribution is -2.19. The van der Waals surface area contributed by atoms with Gasteiger partial charge in [-0.3, -0.25) is 0 Å². The maximum atomic E-state index is 13.6. The Hall–Kier alpha value is -3.13. The van der Waals surface area contributed by atoms with Gasteiger partial charge in [-0.25, -0.2) is 13.4 Å². The highest BCUT2D eigenvalue weighted by molar-refractivity contribution is 7.99. The standard InChI is InChI=1S/C31H42N2O9S2/c1-6-12-41-30-27(40-13-7-14-43-31-32-10-11-33-31)17-22(18-28(30)44(35,36)19-20(2)34)24-9-8-23(42-24)21-15-25(37-3)29(39-5)26(16-21)38-4/h10-11,15-18,20,23-24,34H,6-9,12-14,19H2,1-5H3,(H,32,33)/t20?,23-,24-/m0/s1. The lowest BCUT2D eigenvalue weighted by atomic mass is 10.0. The largest absolute Gasteiger partial charge is 0.493 e. The molecule has 13 heteroatoms. The second kappa shape index (κ2) is 15.7. The summed E-state index contributed by atoms with van der Waals surface area (Å²) in [6, 6.07) is 7.15. The first-order valence-electron chi connectivity index (χ1n) is 14.6. The van der Waals surface area contributed by atoms with Gasteiger partial charge in [-0.15, -0.1) is 0 Å². The van der Waals surface area contributed by atoms with E-state index in [1.165, 1.54) is 6.92 Å². The minimum atomic E-state index is -3.93. The molecule has 44 heavy (non-hydrogen) atoms. The van der Waals surface area contributed by atoms with Gasteiger partial charge in [-0.1, -0.05) is 18.7 Å². The molecule has 0 amide bonds. The number of aliphatic hydroxyl groups excluding tert-OH is 1. The van der Waals surface area contributed by atoms with Crippen LogP contribution in [0.5, 0.6) is 28.7 Å². The average Bonchev–Trinajstić information content (AvgIpc) is 3.71. The lowest BCUT2D eigenvalue weighted by molar-refractivity contribution is 0.0435. The van der Waals surface area contributed by atoms with Crippen LogP contribution < -0.4 is 23.7 Å². The van der Waals surface area contributed by atoms with Crippen LogP contribution in [0.15, 0.2) is 46.7 Å². The van der Waals surface area contributed by atoms with Crippen LogP contribution >= 0.6 is 11.8 Å². The molecule has 3 atom stereocenters. The van der Waals surface area contributed by atoms with Crippen LogP contribution in [-0.4, -0.2) is 75.6 Å². The number of aliphatic hydroxyl groups is 1. The summed E-state index contributed by atoms with van der Waals surface area (Å²) in [5, 5.41) is 10.8. The number of H-pyrrole nitrogens is 1.